The second-order valence-corrected chi connectivity index (χ2v) is 17.0. The molecule has 6 heteroatoms. The topological polar surface area (TPSA) is 52.9 Å². The van der Waals surface area contributed by atoms with Gasteiger partial charge in [0, 0.05) is 68.0 Å². The fourth-order valence-electron chi connectivity index (χ4n) is 11.7. The molecule has 50 heavy (non-hydrogen) atoms. The third-order valence-electron chi connectivity index (χ3n) is 13.7. The molecule has 4 atom stereocenters. The van der Waals surface area contributed by atoms with Crippen LogP contribution in [-0.2, 0) is 4.79 Å². The molecule has 4 aromatic rings. The molecule has 2 aliphatic heterocycles. The molecule has 258 valence electrons. The highest BCUT2D eigenvalue weighted by molar-refractivity contribution is 6.52. The molecule has 5 aliphatic rings. The summed E-state index contributed by atoms with van der Waals surface area (Å²) in [6, 6.07) is 21.2. The first kappa shape index (κ1) is 31.6. The number of ketones is 1. The van der Waals surface area contributed by atoms with E-state index in [1.165, 1.54) is 35.3 Å². The van der Waals surface area contributed by atoms with Gasteiger partial charge in [-0.05, 0) is 95.2 Å². The molecule has 9 rings (SSSR count). The van der Waals surface area contributed by atoms with Crippen LogP contribution in [0.25, 0.3) is 32.7 Å². The highest BCUT2D eigenvalue weighted by atomic mass is 16.3. The number of Topliss-reactive ketones (excluding diaryl/α,β-unsaturated/α-hetero) is 1. The Hall–Kier alpha value is -4.32. The molecule has 0 amide bonds. The number of allylic oxidation sites excluding steroid dienone is 2. The molecule has 2 spiro atoms. The van der Waals surface area contributed by atoms with Crippen molar-refractivity contribution >= 4 is 55.5 Å². The summed E-state index contributed by atoms with van der Waals surface area (Å²) in [7, 11) is 8.92. The number of hydrogen-bond donors (Lipinski definition) is 0. The van der Waals surface area contributed by atoms with Crippen molar-refractivity contribution in [3.63, 3.8) is 0 Å². The minimum Gasteiger partial charge on any atom is -0.871 e. The van der Waals surface area contributed by atoms with Crippen molar-refractivity contribution < 1.29 is 9.90 Å². The van der Waals surface area contributed by atoms with Crippen LogP contribution in [0.3, 0.4) is 0 Å². The quantitative estimate of drug-likeness (QED) is 0.225. The van der Waals surface area contributed by atoms with Crippen molar-refractivity contribution in [3.05, 3.63) is 82.6 Å². The minimum absolute atomic E-state index is 0.0972. The van der Waals surface area contributed by atoms with Crippen molar-refractivity contribution in [2.24, 2.45) is 23.7 Å². The summed E-state index contributed by atoms with van der Waals surface area (Å²) in [4.78, 5) is 21.8. The van der Waals surface area contributed by atoms with Gasteiger partial charge in [0.15, 0.2) is 5.78 Å². The third-order valence-corrected chi connectivity index (χ3v) is 13.7. The Morgan fingerprint density at radius 3 is 1.84 bits per heavy atom. The number of hydrogen-bond acceptors (Lipinski definition) is 5. The van der Waals surface area contributed by atoms with Crippen molar-refractivity contribution in [1.29, 1.82) is 0 Å². The molecule has 2 heterocycles. The number of rotatable bonds is 1. The summed E-state index contributed by atoms with van der Waals surface area (Å²) in [6.07, 6.45) is 6.93. The van der Waals surface area contributed by atoms with Crippen LogP contribution in [0, 0.1) is 23.7 Å². The van der Waals surface area contributed by atoms with Gasteiger partial charge in [0.05, 0.1) is 11.1 Å². The molecule has 0 radical (unpaired) electrons. The van der Waals surface area contributed by atoms with E-state index in [1.54, 1.807) is 0 Å². The maximum Gasteiger partial charge on any atom is 0.238 e. The van der Waals surface area contributed by atoms with Crippen molar-refractivity contribution in [2.45, 2.75) is 77.5 Å². The first-order chi connectivity index (χ1) is 23.9. The van der Waals surface area contributed by atoms with Crippen LogP contribution in [0.1, 0.15) is 71.8 Å². The smallest absolute Gasteiger partial charge is 0.238 e. The van der Waals surface area contributed by atoms with E-state index in [2.05, 4.69) is 124 Å². The molecule has 2 fully saturated rings. The normalized spacial score (nSPS) is 31.8. The lowest BCUT2D eigenvalue weighted by molar-refractivity contribution is -0.292. The number of benzene rings is 4. The molecule has 3 aliphatic carbocycles. The minimum atomic E-state index is -0.149. The SMILES string of the molecule is CC1CC(C)CC2(C1)N(C)c1cccc3c(C4=C([O-])/C(=c5/ccc6c7c(cccc57)N(C)C5(CC(C)CC(C)C5)[N+]=6C)C4=O)ccc(c13)N2C. The van der Waals surface area contributed by atoms with Gasteiger partial charge in [-0.1, -0.05) is 63.8 Å². The van der Waals surface area contributed by atoms with Crippen molar-refractivity contribution in [1.82, 2.24) is 4.58 Å². The Labute approximate surface area is 296 Å². The van der Waals surface area contributed by atoms with Crippen LogP contribution in [0.15, 0.2) is 66.4 Å². The molecule has 6 nitrogen and oxygen atoms in total. The summed E-state index contributed by atoms with van der Waals surface area (Å²) < 4.78 is 2.48. The lowest BCUT2D eigenvalue weighted by atomic mass is 9.73. The monoisotopic (exact) mass is 666 g/mol. The van der Waals surface area contributed by atoms with E-state index < -0.39 is 0 Å². The Morgan fingerprint density at radius 2 is 1.22 bits per heavy atom. The van der Waals surface area contributed by atoms with E-state index in [1.807, 2.05) is 12.1 Å². The highest BCUT2D eigenvalue weighted by Crippen LogP contribution is 2.53. The van der Waals surface area contributed by atoms with Crippen molar-refractivity contribution in [2.75, 3.05) is 42.9 Å². The van der Waals surface area contributed by atoms with Gasteiger partial charge in [-0.3, -0.25) is 4.79 Å². The predicted octanol–water partition coefficient (Wildman–Crippen LogP) is 6.26. The van der Waals surface area contributed by atoms with Gasteiger partial charge in [-0.15, -0.1) is 0 Å². The van der Waals surface area contributed by atoms with Gasteiger partial charge in [0.1, 0.15) is 12.7 Å². The van der Waals surface area contributed by atoms with Crippen LogP contribution in [0.2, 0.25) is 0 Å². The fraction of sp³-hybridized carbons (Fsp3) is 0.455. The summed E-state index contributed by atoms with van der Waals surface area (Å²) in [5.74, 6) is 2.24. The van der Waals surface area contributed by atoms with Gasteiger partial charge in [-0.25, -0.2) is 4.58 Å². The lowest BCUT2D eigenvalue weighted by Gasteiger charge is -2.58. The van der Waals surface area contributed by atoms with Crippen LogP contribution in [0.5, 0.6) is 0 Å². The molecule has 0 saturated heterocycles. The molecule has 0 bridgehead atoms. The number of anilines is 3. The van der Waals surface area contributed by atoms with Gasteiger partial charge in [0.25, 0.3) is 0 Å². The largest absolute Gasteiger partial charge is 0.871 e. The van der Waals surface area contributed by atoms with Gasteiger partial charge < -0.3 is 19.8 Å². The van der Waals surface area contributed by atoms with Crippen LogP contribution < -0.4 is 35.0 Å². The van der Waals surface area contributed by atoms with E-state index >= 15 is 0 Å². The zero-order valence-corrected chi connectivity index (χ0v) is 30.9. The molecule has 0 N–H and O–H groups in total. The zero-order valence-electron chi connectivity index (χ0n) is 30.9. The van der Waals surface area contributed by atoms with E-state index in [9.17, 15) is 9.90 Å². The second-order valence-electron chi connectivity index (χ2n) is 17.0. The Morgan fingerprint density at radius 1 is 0.660 bits per heavy atom. The lowest BCUT2D eigenvalue weighted by Crippen LogP contribution is -2.64. The fourth-order valence-corrected chi connectivity index (χ4v) is 11.7. The van der Waals surface area contributed by atoms with E-state index in [4.69, 9.17) is 0 Å². The average Bonchev–Trinajstić information content (AvgIpc) is 3.08. The number of carbonyl (C=O) groups excluding carboxylic acids is 1. The highest BCUT2D eigenvalue weighted by Gasteiger charge is 2.52. The van der Waals surface area contributed by atoms with Crippen LogP contribution >= 0.6 is 0 Å². The predicted molar refractivity (Wildman–Crippen MR) is 205 cm³/mol. The van der Waals surface area contributed by atoms with Crippen molar-refractivity contribution in [3.8, 4) is 0 Å². The summed E-state index contributed by atoms with van der Waals surface area (Å²) in [5.41, 5.74) is 4.72. The molecule has 4 unspecified atom stereocenters. The van der Waals surface area contributed by atoms with E-state index in [0.717, 1.165) is 58.0 Å². The molecule has 0 aromatic heterocycles. The second kappa shape index (κ2) is 10.6. The maximum atomic E-state index is 14.3. The molecule has 4 aromatic carbocycles. The van der Waals surface area contributed by atoms with Gasteiger partial charge >= 0.3 is 0 Å². The number of nitrogens with zero attached hydrogens (tertiary/aromatic N) is 4. The van der Waals surface area contributed by atoms with Crippen LogP contribution in [0.4, 0.5) is 17.1 Å². The Bertz CT molecular complexity index is 2280. The van der Waals surface area contributed by atoms with Gasteiger partial charge in [0.2, 0.25) is 11.0 Å². The Kier molecular flexibility index (Phi) is 6.71. The summed E-state index contributed by atoms with van der Waals surface area (Å²) >= 11 is 0. The van der Waals surface area contributed by atoms with E-state index in [0.29, 0.717) is 34.8 Å². The van der Waals surface area contributed by atoms with E-state index in [-0.39, 0.29) is 22.9 Å². The Balaban J connectivity index is 1.21. The molecular formula is C44H50N4O2. The third kappa shape index (κ3) is 3.96. The summed E-state index contributed by atoms with van der Waals surface area (Å²) in [5, 5.41) is 20.4. The molecular weight excluding hydrogens is 617 g/mol. The standard InChI is InChI=1S/C44H50N4O2/c1-25-19-26(2)22-43(21-25)45(5)33-13-9-11-29-31(15-17-35(37(29)33)47(43)7)39-41(49)40(42(39)50)32-16-18-36-38-30(32)12-10-14-34(38)46(6)44(48(36)8)23-27(3)20-28(4)24-44/h9-18,25-28H,19-24H2,1-8H3. The van der Waals surface area contributed by atoms with Gasteiger partial charge in [-0.2, -0.15) is 0 Å². The first-order valence-electron chi connectivity index (χ1n) is 18.8. The van der Waals surface area contributed by atoms with Crippen LogP contribution in [-0.4, -0.2) is 45.3 Å². The first-order valence-corrected chi connectivity index (χ1v) is 18.8. The molecule has 2 saturated carbocycles. The zero-order chi connectivity index (χ0) is 35.0. The maximum absolute atomic E-state index is 14.3. The summed E-state index contributed by atoms with van der Waals surface area (Å²) in [6.45, 7) is 9.52. The average molecular weight is 667 g/mol. The number of carbonyl (C=O) groups is 1.